The maximum atomic E-state index is 10.2. The Morgan fingerprint density at radius 2 is 2.25 bits per heavy atom. The summed E-state index contributed by atoms with van der Waals surface area (Å²) < 4.78 is 0. The summed E-state index contributed by atoms with van der Waals surface area (Å²) in [4.78, 5) is 10.2. The first-order valence-corrected chi connectivity index (χ1v) is 2.42. The Bertz CT molecular complexity index is 119. The largest absolute Gasteiger partial charge is 0.480 e. The predicted octanol–water partition coefficient (Wildman–Crippen LogP) is -0.933. The lowest BCUT2D eigenvalue weighted by atomic mass is 10.3. The highest BCUT2D eigenvalue weighted by molar-refractivity contribution is 5.82. The van der Waals surface area contributed by atoms with Crippen molar-refractivity contribution in [1.82, 2.24) is 5.43 Å². The fraction of sp³-hybridized carbons (Fsp3) is 0.750. The quantitative estimate of drug-likeness (QED) is 0.322. The molecule has 8 heavy (non-hydrogen) atoms. The molecule has 4 N–H and O–H groups in total. The van der Waals surface area contributed by atoms with E-state index in [2.05, 4.69) is 5.43 Å². The molecule has 1 fully saturated rings. The monoisotopic (exact) mass is 116 g/mol. The summed E-state index contributed by atoms with van der Waals surface area (Å²) in [5.74, 6) is 4.09. The van der Waals surface area contributed by atoms with Gasteiger partial charge < -0.3 is 5.11 Å². The molecule has 0 aromatic rings. The van der Waals surface area contributed by atoms with Gasteiger partial charge in [-0.15, -0.1) is 0 Å². The Labute approximate surface area is 46.6 Å². The van der Waals surface area contributed by atoms with E-state index in [1.54, 1.807) is 0 Å². The molecule has 0 aliphatic heterocycles. The molecule has 0 atom stereocenters. The Morgan fingerprint density at radius 1 is 1.75 bits per heavy atom. The van der Waals surface area contributed by atoms with Gasteiger partial charge in [0.05, 0.1) is 0 Å². The second kappa shape index (κ2) is 1.43. The van der Waals surface area contributed by atoms with Crippen molar-refractivity contribution in [3.63, 3.8) is 0 Å². The van der Waals surface area contributed by atoms with Crippen molar-refractivity contribution < 1.29 is 9.90 Å². The van der Waals surface area contributed by atoms with Crippen LogP contribution in [-0.4, -0.2) is 16.6 Å². The van der Waals surface area contributed by atoms with Crippen LogP contribution in [-0.2, 0) is 4.79 Å². The predicted molar refractivity (Wildman–Crippen MR) is 26.9 cm³/mol. The van der Waals surface area contributed by atoms with Crippen LogP contribution in [0.1, 0.15) is 12.8 Å². The minimum atomic E-state index is -0.847. The molecule has 1 saturated carbocycles. The fourth-order valence-electron chi connectivity index (χ4n) is 0.545. The van der Waals surface area contributed by atoms with Crippen LogP contribution in [0.15, 0.2) is 0 Å². The van der Waals surface area contributed by atoms with Gasteiger partial charge in [0.2, 0.25) is 0 Å². The van der Waals surface area contributed by atoms with Gasteiger partial charge in [0, 0.05) is 0 Å². The molecule has 0 unspecified atom stereocenters. The second-order valence-corrected chi connectivity index (χ2v) is 2.03. The summed E-state index contributed by atoms with van der Waals surface area (Å²) >= 11 is 0. The van der Waals surface area contributed by atoms with Crippen molar-refractivity contribution in [3.8, 4) is 0 Å². The molecule has 0 bridgehead atoms. The van der Waals surface area contributed by atoms with Crippen molar-refractivity contribution in [2.45, 2.75) is 18.4 Å². The number of hydrogen-bond acceptors (Lipinski definition) is 3. The molecule has 4 heteroatoms. The Morgan fingerprint density at radius 3 is 2.25 bits per heavy atom. The molecule has 0 aromatic heterocycles. The number of nitrogens with one attached hydrogen (secondary N) is 1. The average molecular weight is 116 g/mol. The fourth-order valence-corrected chi connectivity index (χ4v) is 0.545. The number of hydrogen-bond donors (Lipinski definition) is 3. The van der Waals surface area contributed by atoms with Crippen LogP contribution in [0.2, 0.25) is 0 Å². The van der Waals surface area contributed by atoms with Gasteiger partial charge >= 0.3 is 5.97 Å². The highest BCUT2D eigenvalue weighted by Gasteiger charge is 2.49. The normalized spacial score (nSPS) is 22.6. The van der Waals surface area contributed by atoms with Gasteiger partial charge in [0.25, 0.3) is 0 Å². The third kappa shape index (κ3) is 0.579. The molecule has 4 nitrogen and oxygen atoms in total. The van der Waals surface area contributed by atoms with Crippen molar-refractivity contribution in [1.29, 1.82) is 0 Å². The first-order chi connectivity index (χ1) is 3.71. The highest BCUT2D eigenvalue weighted by Crippen LogP contribution is 2.34. The molecule has 1 rings (SSSR count). The number of aliphatic carboxylic acids is 1. The molecule has 1 aliphatic rings. The van der Waals surface area contributed by atoms with Crippen LogP contribution in [0.3, 0.4) is 0 Å². The van der Waals surface area contributed by atoms with E-state index in [4.69, 9.17) is 10.9 Å². The molecule has 0 amide bonds. The molecule has 0 spiro atoms. The second-order valence-electron chi connectivity index (χ2n) is 2.03. The van der Waals surface area contributed by atoms with E-state index in [1.165, 1.54) is 0 Å². The first kappa shape index (κ1) is 5.53. The van der Waals surface area contributed by atoms with Gasteiger partial charge in [-0.3, -0.25) is 10.6 Å². The molecular weight excluding hydrogens is 108 g/mol. The first-order valence-electron chi connectivity index (χ1n) is 2.42. The van der Waals surface area contributed by atoms with E-state index < -0.39 is 11.5 Å². The lowest BCUT2D eigenvalue weighted by Crippen LogP contribution is -2.43. The summed E-state index contributed by atoms with van der Waals surface area (Å²) in [6.45, 7) is 0. The van der Waals surface area contributed by atoms with Gasteiger partial charge in [0.1, 0.15) is 5.54 Å². The number of hydrazine groups is 1. The van der Waals surface area contributed by atoms with Gasteiger partial charge in [0.15, 0.2) is 0 Å². The van der Waals surface area contributed by atoms with Gasteiger partial charge in [-0.2, -0.15) is 0 Å². The van der Waals surface area contributed by atoms with Crippen molar-refractivity contribution in [2.75, 3.05) is 0 Å². The van der Waals surface area contributed by atoms with E-state index in [-0.39, 0.29) is 0 Å². The minimum absolute atomic E-state index is 0.652. The summed E-state index contributed by atoms with van der Waals surface area (Å²) in [6, 6.07) is 0. The SMILES string of the molecule is NNC1(C(=O)O)CC1. The number of carboxylic acid groups (broad SMARTS) is 1. The van der Waals surface area contributed by atoms with Crippen LogP contribution in [0.5, 0.6) is 0 Å². The standard InChI is InChI=1S/C4H8N2O2/c5-6-4(1-2-4)3(7)8/h6H,1-2,5H2,(H,7,8). The van der Waals surface area contributed by atoms with Gasteiger partial charge in [-0.1, -0.05) is 0 Å². The molecule has 0 heterocycles. The van der Waals surface area contributed by atoms with Crippen LogP contribution >= 0.6 is 0 Å². The van der Waals surface area contributed by atoms with Gasteiger partial charge in [-0.25, -0.2) is 5.43 Å². The zero-order valence-corrected chi connectivity index (χ0v) is 4.35. The van der Waals surface area contributed by atoms with E-state index in [1.807, 2.05) is 0 Å². The van der Waals surface area contributed by atoms with Crippen LogP contribution in [0.4, 0.5) is 0 Å². The van der Waals surface area contributed by atoms with Crippen LogP contribution in [0, 0.1) is 0 Å². The third-order valence-corrected chi connectivity index (χ3v) is 1.44. The lowest BCUT2D eigenvalue weighted by Gasteiger charge is -2.04. The Kier molecular flexibility index (Phi) is 0.988. The third-order valence-electron chi connectivity index (χ3n) is 1.44. The number of nitrogens with two attached hydrogens (primary N) is 1. The summed E-state index contributed by atoms with van der Waals surface area (Å²) in [5.41, 5.74) is 1.49. The van der Waals surface area contributed by atoms with E-state index in [0.29, 0.717) is 12.8 Å². The molecular formula is C4H8N2O2. The van der Waals surface area contributed by atoms with Gasteiger partial charge in [-0.05, 0) is 12.8 Å². The number of carbonyl (C=O) groups is 1. The summed E-state index contributed by atoms with van der Waals surface area (Å²) in [5, 5.41) is 8.36. The molecule has 0 radical (unpaired) electrons. The zero-order valence-electron chi connectivity index (χ0n) is 4.35. The number of carboxylic acids is 1. The Hall–Kier alpha value is -0.610. The molecule has 0 saturated heterocycles. The van der Waals surface area contributed by atoms with E-state index >= 15 is 0 Å². The van der Waals surface area contributed by atoms with Crippen LogP contribution in [0.25, 0.3) is 0 Å². The Balaban J connectivity index is 2.53. The maximum Gasteiger partial charge on any atom is 0.325 e. The molecule has 1 aliphatic carbocycles. The highest BCUT2D eigenvalue weighted by atomic mass is 16.4. The topological polar surface area (TPSA) is 75.3 Å². The zero-order chi connectivity index (χ0) is 6.20. The van der Waals surface area contributed by atoms with Crippen molar-refractivity contribution >= 4 is 5.97 Å². The smallest absolute Gasteiger partial charge is 0.325 e. The summed E-state index contributed by atoms with van der Waals surface area (Å²) in [6.07, 6.45) is 1.30. The van der Waals surface area contributed by atoms with Crippen molar-refractivity contribution in [3.05, 3.63) is 0 Å². The summed E-state index contributed by atoms with van der Waals surface area (Å²) in [7, 11) is 0. The minimum Gasteiger partial charge on any atom is -0.480 e. The molecule has 46 valence electrons. The lowest BCUT2D eigenvalue weighted by molar-refractivity contribution is -0.140. The molecule has 0 aromatic carbocycles. The number of rotatable bonds is 2. The van der Waals surface area contributed by atoms with E-state index in [9.17, 15) is 4.79 Å². The van der Waals surface area contributed by atoms with Crippen molar-refractivity contribution in [2.24, 2.45) is 5.84 Å². The maximum absolute atomic E-state index is 10.2. The average Bonchev–Trinajstić information content (AvgIpc) is 2.44. The van der Waals surface area contributed by atoms with E-state index in [0.717, 1.165) is 0 Å². The van der Waals surface area contributed by atoms with Crippen LogP contribution < -0.4 is 11.3 Å².